The van der Waals surface area contributed by atoms with Gasteiger partial charge in [-0.3, -0.25) is 19.1 Å². The molecule has 0 radical (unpaired) electrons. The zero-order valence-electron chi connectivity index (χ0n) is 21.5. The quantitative estimate of drug-likeness (QED) is 0.199. The second-order valence-electron chi connectivity index (χ2n) is 9.04. The summed E-state index contributed by atoms with van der Waals surface area (Å²) in [6, 6.07) is 9.51. The summed E-state index contributed by atoms with van der Waals surface area (Å²) in [7, 11) is 0. The number of benzene rings is 1. The topological polar surface area (TPSA) is 103 Å². The number of rotatable bonds is 8. The number of likely N-dealkylation sites (tertiary alicyclic amines) is 1. The Morgan fingerprint density at radius 1 is 1.15 bits per heavy atom. The van der Waals surface area contributed by atoms with Crippen LogP contribution in [0.4, 0.5) is 0 Å². The molecule has 0 bridgehead atoms. The molecule has 12 heteroatoms. The van der Waals surface area contributed by atoms with Crippen molar-refractivity contribution in [3.8, 4) is 17.1 Å². The molecule has 0 spiro atoms. The highest BCUT2D eigenvalue weighted by atomic mass is 35.5. The smallest absolute Gasteiger partial charge is 0.309 e. The van der Waals surface area contributed by atoms with Crippen LogP contribution in [0.15, 0.2) is 53.3 Å². The van der Waals surface area contributed by atoms with Crippen LogP contribution in [0.5, 0.6) is 0 Å². The van der Waals surface area contributed by atoms with E-state index in [2.05, 4.69) is 20.2 Å². The summed E-state index contributed by atoms with van der Waals surface area (Å²) in [5.41, 5.74) is 3.24. The number of amides is 1. The third kappa shape index (κ3) is 6.15. The Kier molecular flexibility index (Phi) is 8.59. The highest BCUT2D eigenvalue weighted by molar-refractivity contribution is 7.98. The van der Waals surface area contributed by atoms with Crippen molar-refractivity contribution in [3.63, 3.8) is 0 Å². The van der Waals surface area contributed by atoms with E-state index in [-0.39, 0.29) is 17.8 Å². The lowest BCUT2D eigenvalue weighted by atomic mass is 9.97. The number of ether oxygens (including phenoxy) is 1. The molecule has 4 heterocycles. The summed E-state index contributed by atoms with van der Waals surface area (Å²) in [6.07, 6.45) is 4.66. The fourth-order valence-corrected chi connectivity index (χ4v) is 6.33. The number of hydrogen-bond acceptors (Lipinski definition) is 9. The number of aromatic nitrogens is 5. The maximum atomic E-state index is 13.1. The lowest BCUT2D eigenvalue weighted by Gasteiger charge is -2.30. The van der Waals surface area contributed by atoms with Gasteiger partial charge in [0, 0.05) is 41.4 Å². The molecule has 0 atom stereocenters. The van der Waals surface area contributed by atoms with Gasteiger partial charge in [-0.25, -0.2) is 4.98 Å². The van der Waals surface area contributed by atoms with Gasteiger partial charge in [0.15, 0.2) is 11.0 Å². The fourth-order valence-electron chi connectivity index (χ4n) is 4.43. The van der Waals surface area contributed by atoms with Gasteiger partial charge in [0.2, 0.25) is 0 Å². The highest BCUT2D eigenvalue weighted by Crippen LogP contribution is 2.32. The Morgan fingerprint density at radius 2 is 1.92 bits per heavy atom. The van der Waals surface area contributed by atoms with Crippen molar-refractivity contribution in [2.75, 3.05) is 19.7 Å². The number of esters is 1. The van der Waals surface area contributed by atoms with Crippen LogP contribution < -0.4 is 0 Å². The molecule has 0 unspecified atom stereocenters. The molecular weight excluding hydrogens is 556 g/mol. The predicted octanol–water partition coefficient (Wildman–Crippen LogP) is 5.46. The fraction of sp³-hybridized carbons (Fsp3) is 0.333. The summed E-state index contributed by atoms with van der Waals surface area (Å²) in [5, 5.41) is 12.9. The average Bonchev–Trinajstić information content (AvgIpc) is 3.61. The molecule has 0 N–H and O–H groups in total. The van der Waals surface area contributed by atoms with Crippen LogP contribution >= 0.6 is 34.7 Å². The number of carbonyl (C=O) groups excluding carboxylic acids is 2. The lowest BCUT2D eigenvalue weighted by molar-refractivity contribution is -0.149. The van der Waals surface area contributed by atoms with Gasteiger partial charge in [-0.1, -0.05) is 29.4 Å². The number of aryl methyl sites for hydroxylation is 1. The zero-order valence-corrected chi connectivity index (χ0v) is 23.9. The minimum atomic E-state index is -0.175. The summed E-state index contributed by atoms with van der Waals surface area (Å²) in [5.74, 6) is 0.783. The first-order chi connectivity index (χ1) is 18.9. The van der Waals surface area contributed by atoms with Crippen molar-refractivity contribution < 1.29 is 14.3 Å². The van der Waals surface area contributed by atoms with Gasteiger partial charge in [0.05, 0.1) is 24.0 Å². The van der Waals surface area contributed by atoms with E-state index in [1.807, 2.05) is 41.8 Å². The van der Waals surface area contributed by atoms with Crippen molar-refractivity contribution in [3.05, 3.63) is 69.4 Å². The van der Waals surface area contributed by atoms with E-state index in [0.717, 1.165) is 21.8 Å². The molecule has 1 amide bonds. The molecule has 1 aliphatic rings. The van der Waals surface area contributed by atoms with Gasteiger partial charge < -0.3 is 9.64 Å². The minimum Gasteiger partial charge on any atom is -0.466 e. The number of hydrogen-bond donors (Lipinski definition) is 0. The van der Waals surface area contributed by atoms with Gasteiger partial charge in [0.1, 0.15) is 10.7 Å². The van der Waals surface area contributed by atoms with E-state index in [0.29, 0.717) is 60.0 Å². The molecule has 0 saturated carbocycles. The number of pyridine rings is 1. The summed E-state index contributed by atoms with van der Waals surface area (Å²) < 4.78 is 7.12. The van der Waals surface area contributed by atoms with Crippen LogP contribution in [-0.2, 0) is 15.3 Å². The van der Waals surface area contributed by atoms with Crippen LogP contribution in [0.3, 0.4) is 0 Å². The third-order valence-electron chi connectivity index (χ3n) is 6.48. The Morgan fingerprint density at radius 3 is 2.67 bits per heavy atom. The summed E-state index contributed by atoms with van der Waals surface area (Å²) in [4.78, 5) is 35.6. The van der Waals surface area contributed by atoms with Crippen molar-refractivity contribution in [2.24, 2.45) is 5.92 Å². The second-order valence-corrected chi connectivity index (χ2v) is 11.4. The number of nitrogens with zero attached hydrogens (tertiary/aromatic N) is 6. The SMILES string of the molecule is CCOC(=O)C1CCN(C(=O)c2csc(CSc3nnc(-c4ccncc4)n3-c3cc(Cl)ccc3C)n2)CC1. The van der Waals surface area contributed by atoms with E-state index in [1.165, 1.54) is 23.1 Å². The molecule has 39 heavy (non-hydrogen) atoms. The van der Waals surface area contributed by atoms with Gasteiger partial charge in [-0.15, -0.1) is 21.5 Å². The maximum Gasteiger partial charge on any atom is 0.309 e. The molecule has 4 aromatic rings. The molecule has 9 nitrogen and oxygen atoms in total. The Hall–Kier alpha value is -3.28. The molecule has 1 saturated heterocycles. The van der Waals surface area contributed by atoms with Crippen molar-refractivity contribution in [2.45, 2.75) is 37.6 Å². The van der Waals surface area contributed by atoms with Crippen LogP contribution in [0.2, 0.25) is 5.02 Å². The molecule has 1 aromatic carbocycles. The lowest BCUT2D eigenvalue weighted by Crippen LogP contribution is -2.40. The largest absolute Gasteiger partial charge is 0.466 e. The predicted molar refractivity (Wildman–Crippen MR) is 151 cm³/mol. The number of piperidine rings is 1. The summed E-state index contributed by atoms with van der Waals surface area (Å²) in [6.45, 7) is 5.23. The Balaban J connectivity index is 1.31. The van der Waals surface area contributed by atoms with Crippen LogP contribution in [-0.4, -0.2) is 61.2 Å². The average molecular weight is 583 g/mol. The van der Waals surface area contributed by atoms with E-state index < -0.39 is 0 Å². The van der Waals surface area contributed by atoms with E-state index in [1.54, 1.807) is 29.6 Å². The van der Waals surface area contributed by atoms with Crippen LogP contribution in [0.25, 0.3) is 17.1 Å². The highest BCUT2D eigenvalue weighted by Gasteiger charge is 2.29. The maximum absolute atomic E-state index is 13.1. The van der Waals surface area contributed by atoms with Crippen molar-refractivity contribution >= 4 is 46.6 Å². The Labute approximate surface area is 239 Å². The first-order valence-electron chi connectivity index (χ1n) is 12.6. The summed E-state index contributed by atoms with van der Waals surface area (Å²) >= 11 is 9.29. The first kappa shape index (κ1) is 27.3. The van der Waals surface area contributed by atoms with Gasteiger partial charge >= 0.3 is 5.97 Å². The van der Waals surface area contributed by atoms with Crippen molar-refractivity contribution in [1.82, 2.24) is 29.6 Å². The number of carbonyl (C=O) groups is 2. The molecule has 1 aliphatic heterocycles. The van der Waals surface area contributed by atoms with E-state index in [4.69, 9.17) is 16.3 Å². The van der Waals surface area contributed by atoms with E-state index in [9.17, 15) is 9.59 Å². The molecule has 1 fully saturated rings. The zero-order chi connectivity index (χ0) is 27.4. The van der Waals surface area contributed by atoms with Gasteiger partial charge in [-0.2, -0.15) is 0 Å². The van der Waals surface area contributed by atoms with Crippen LogP contribution in [0, 0.1) is 12.8 Å². The number of thiazole rings is 1. The molecular formula is C27H27ClN6O3S2. The molecule has 202 valence electrons. The van der Waals surface area contributed by atoms with E-state index >= 15 is 0 Å². The molecule has 0 aliphatic carbocycles. The molecule has 3 aromatic heterocycles. The third-order valence-corrected chi connectivity index (χ3v) is 8.69. The number of halogens is 1. The normalized spacial score (nSPS) is 14.0. The second kappa shape index (κ2) is 12.3. The first-order valence-corrected chi connectivity index (χ1v) is 14.8. The monoisotopic (exact) mass is 582 g/mol. The van der Waals surface area contributed by atoms with Crippen molar-refractivity contribution in [1.29, 1.82) is 0 Å². The van der Waals surface area contributed by atoms with Gasteiger partial charge in [-0.05, 0) is 56.5 Å². The molecule has 5 rings (SSSR count). The standard InChI is InChI=1S/C27H27ClN6O3S2/c1-3-37-26(36)19-8-12-33(13-9-19)25(35)21-15-38-23(30-21)16-39-27-32-31-24(18-6-10-29-11-7-18)34(27)22-14-20(28)5-4-17(22)2/h4-7,10-11,14-15,19H,3,8-9,12-13,16H2,1-2H3. The minimum absolute atomic E-state index is 0.109. The van der Waals surface area contributed by atoms with Crippen LogP contribution in [0.1, 0.15) is 40.8 Å². The number of thioether (sulfide) groups is 1. The van der Waals surface area contributed by atoms with Gasteiger partial charge in [0.25, 0.3) is 5.91 Å². The Bertz CT molecular complexity index is 1470.